The predicted octanol–water partition coefficient (Wildman–Crippen LogP) is 4.54. The summed E-state index contributed by atoms with van der Waals surface area (Å²) in [6.07, 6.45) is -8.05. The van der Waals surface area contributed by atoms with Crippen molar-refractivity contribution in [3.05, 3.63) is 71.2 Å². The van der Waals surface area contributed by atoms with E-state index in [1.807, 2.05) is 0 Å². The van der Waals surface area contributed by atoms with Crippen molar-refractivity contribution < 1.29 is 40.7 Å². The summed E-state index contributed by atoms with van der Waals surface area (Å²) in [7, 11) is 1.49. The fourth-order valence-electron chi connectivity index (χ4n) is 3.30. The van der Waals surface area contributed by atoms with Crippen LogP contribution in [-0.4, -0.2) is 38.7 Å². The number of amides is 3. The highest BCUT2D eigenvalue weighted by Crippen LogP contribution is 2.38. The zero-order valence-corrected chi connectivity index (χ0v) is 18.2. The standard InChI is InChI=1S/C22H15F6N5O3/c1-36-16-4-2-12(3-5-16)9-33-19(34)17(30-20(33)35)10-32-11-29-18(31-32)13-6-14(21(23,24)25)8-15(7-13)22(26,27)28/h2-8,10-11H,9H2,1H3,(H,30,35). The average Bonchev–Trinajstić information content (AvgIpc) is 3.38. The number of aromatic nitrogens is 3. The number of urea groups is 1. The maximum atomic E-state index is 13.1. The lowest BCUT2D eigenvalue weighted by molar-refractivity contribution is -0.143. The van der Waals surface area contributed by atoms with Crippen LogP contribution in [0.1, 0.15) is 16.7 Å². The molecule has 0 atom stereocenters. The van der Waals surface area contributed by atoms with Crippen molar-refractivity contribution >= 4 is 18.1 Å². The van der Waals surface area contributed by atoms with Crippen LogP contribution in [0.4, 0.5) is 31.1 Å². The van der Waals surface area contributed by atoms with E-state index in [-0.39, 0.29) is 18.3 Å². The highest BCUT2D eigenvalue weighted by Gasteiger charge is 2.37. The lowest BCUT2D eigenvalue weighted by Gasteiger charge is -2.13. The van der Waals surface area contributed by atoms with E-state index in [0.717, 1.165) is 22.1 Å². The first kappa shape index (κ1) is 24.8. The Labute approximate surface area is 198 Å². The van der Waals surface area contributed by atoms with Crippen LogP contribution in [0.15, 0.2) is 54.5 Å². The molecule has 1 aliphatic heterocycles. The summed E-state index contributed by atoms with van der Waals surface area (Å²) in [6, 6.07) is 6.87. The van der Waals surface area contributed by atoms with Gasteiger partial charge in [0.2, 0.25) is 0 Å². The molecule has 0 spiro atoms. The molecule has 1 aromatic heterocycles. The van der Waals surface area contributed by atoms with Crippen LogP contribution in [-0.2, 0) is 23.7 Å². The highest BCUT2D eigenvalue weighted by molar-refractivity contribution is 6.13. The number of alkyl halides is 6. The molecule has 188 valence electrons. The van der Waals surface area contributed by atoms with E-state index < -0.39 is 46.8 Å². The summed E-state index contributed by atoms with van der Waals surface area (Å²) in [6.45, 7) is -0.0565. The molecule has 1 fully saturated rings. The molecule has 1 aliphatic rings. The number of halogens is 6. The van der Waals surface area contributed by atoms with Gasteiger partial charge in [-0.05, 0) is 35.9 Å². The number of ether oxygens (including phenoxy) is 1. The molecule has 1 saturated heterocycles. The zero-order valence-electron chi connectivity index (χ0n) is 18.2. The summed E-state index contributed by atoms with van der Waals surface area (Å²) in [5.74, 6) is -0.580. The SMILES string of the molecule is COc1ccc(CN2C(=O)NC(=Cn3cnc(-c4cc(C(F)(F)F)cc(C(F)(F)F)c4)n3)C2=O)cc1. The number of carbonyl (C=O) groups excluding carboxylic acids is 2. The Kier molecular flexibility index (Phi) is 6.20. The van der Waals surface area contributed by atoms with Gasteiger partial charge in [-0.1, -0.05) is 12.1 Å². The maximum absolute atomic E-state index is 13.1. The first-order valence-corrected chi connectivity index (χ1v) is 10.0. The van der Waals surface area contributed by atoms with Gasteiger partial charge in [0.15, 0.2) is 5.82 Å². The van der Waals surface area contributed by atoms with E-state index in [1.54, 1.807) is 24.3 Å². The van der Waals surface area contributed by atoms with E-state index in [2.05, 4.69) is 15.4 Å². The van der Waals surface area contributed by atoms with Crippen LogP contribution in [0.25, 0.3) is 17.6 Å². The second kappa shape index (κ2) is 9.02. The van der Waals surface area contributed by atoms with Gasteiger partial charge in [0.25, 0.3) is 5.91 Å². The molecule has 3 aromatic rings. The Morgan fingerprint density at radius 3 is 2.14 bits per heavy atom. The second-order valence-electron chi connectivity index (χ2n) is 7.56. The minimum absolute atomic E-state index is 0.00734. The number of rotatable bonds is 5. The van der Waals surface area contributed by atoms with E-state index in [4.69, 9.17) is 4.74 Å². The molecule has 4 rings (SSSR count). The van der Waals surface area contributed by atoms with Gasteiger partial charge in [0, 0.05) is 5.56 Å². The fraction of sp³-hybridized carbons (Fsp3) is 0.182. The first-order chi connectivity index (χ1) is 16.8. The summed E-state index contributed by atoms with van der Waals surface area (Å²) < 4.78 is 84.7. The summed E-state index contributed by atoms with van der Waals surface area (Å²) >= 11 is 0. The number of benzene rings is 2. The van der Waals surface area contributed by atoms with Crippen LogP contribution in [0.5, 0.6) is 5.75 Å². The Morgan fingerprint density at radius 2 is 1.58 bits per heavy atom. The molecule has 0 radical (unpaired) electrons. The van der Waals surface area contributed by atoms with Gasteiger partial charge in [-0.3, -0.25) is 9.69 Å². The number of nitrogens with one attached hydrogen (secondary N) is 1. The van der Waals surface area contributed by atoms with Crippen LogP contribution < -0.4 is 10.1 Å². The van der Waals surface area contributed by atoms with Gasteiger partial charge in [-0.15, -0.1) is 5.10 Å². The molecule has 8 nitrogen and oxygen atoms in total. The van der Waals surface area contributed by atoms with Gasteiger partial charge in [-0.2, -0.15) is 26.3 Å². The molecule has 36 heavy (non-hydrogen) atoms. The van der Waals surface area contributed by atoms with Crippen molar-refractivity contribution in [2.24, 2.45) is 0 Å². The van der Waals surface area contributed by atoms with Crippen molar-refractivity contribution in [2.75, 3.05) is 7.11 Å². The highest BCUT2D eigenvalue weighted by atomic mass is 19.4. The number of nitrogens with zero attached hydrogens (tertiary/aromatic N) is 4. The van der Waals surface area contributed by atoms with Crippen LogP contribution in [0.3, 0.4) is 0 Å². The number of methoxy groups -OCH3 is 1. The number of carbonyl (C=O) groups is 2. The second-order valence-corrected chi connectivity index (χ2v) is 7.56. The molecule has 2 aromatic carbocycles. The molecular weight excluding hydrogens is 496 g/mol. The lowest BCUT2D eigenvalue weighted by Crippen LogP contribution is -2.30. The van der Waals surface area contributed by atoms with Crippen molar-refractivity contribution in [1.82, 2.24) is 25.0 Å². The van der Waals surface area contributed by atoms with Crippen LogP contribution in [0, 0.1) is 0 Å². The Bertz CT molecular complexity index is 1310. The number of hydrogen-bond donors (Lipinski definition) is 1. The lowest BCUT2D eigenvalue weighted by atomic mass is 10.0. The smallest absolute Gasteiger partial charge is 0.416 e. The molecule has 0 saturated carbocycles. The Hall–Kier alpha value is -4.36. The molecule has 1 N–H and O–H groups in total. The third kappa shape index (κ3) is 5.16. The topological polar surface area (TPSA) is 89.3 Å². The van der Waals surface area contributed by atoms with Gasteiger partial charge < -0.3 is 10.1 Å². The maximum Gasteiger partial charge on any atom is 0.416 e. The third-order valence-corrected chi connectivity index (χ3v) is 5.08. The predicted molar refractivity (Wildman–Crippen MR) is 112 cm³/mol. The average molecular weight is 511 g/mol. The molecule has 0 aliphatic carbocycles. The largest absolute Gasteiger partial charge is 0.497 e. The number of hydrogen-bond acceptors (Lipinski definition) is 5. The van der Waals surface area contributed by atoms with Crippen LogP contribution >= 0.6 is 0 Å². The normalized spacial score (nSPS) is 15.5. The monoisotopic (exact) mass is 511 g/mol. The fourth-order valence-corrected chi connectivity index (χ4v) is 3.30. The van der Waals surface area contributed by atoms with Crippen molar-refractivity contribution in [3.8, 4) is 17.1 Å². The minimum atomic E-state index is -5.03. The van der Waals surface area contributed by atoms with Gasteiger partial charge in [-0.25, -0.2) is 14.5 Å². The first-order valence-electron chi connectivity index (χ1n) is 10.0. The molecule has 14 heteroatoms. The molecule has 3 amide bonds. The molecule has 2 heterocycles. The number of imide groups is 1. The Balaban J connectivity index is 1.59. The zero-order chi connectivity index (χ0) is 26.3. The third-order valence-electron chi connectivity index (χ3n) is 5.08. The van der Waals surface area contributed by atoms with Crippen molar-refractivity contribution in [1.29, 1.82) is 0 Å². The quantitative estimate of drug-likeness (QED) is 0.309. The van der Waals surface area contributed by atoms with Gasteiger partial charge >= 0.3 is 18.4 Å². The van der Waals surface area contributed by atoms with E-state index in [9.17, 15) is 35.9 Å². The van der Waals surface area contributed by atoms with Gasteiger partial charge in [0.05, 0.1) is 31.0 Å². The molecular formula is C22H15F6N5O3. The molecule has 0 bridgehead atoms. The minimum Gasteiger partial charge on any atom is -0.497 e. The van der Waals surface area contributed by atoms with Crippen molar-refractivity contribution in [3.63, 3.8) is 0 Å². The van der Waals surface area contributed by atoms with Crippen LogP contribution in [0.2, 0.25) is 0 Å². The summed E-state index contributed by atoms with van der Waals surface area (Å²) in [5, 5.41) is 6.18. The van der Waals surface area contributed by atoms with Gasteiger partial charge in [0.1, 0.15) is 17.8 Å². The summed E-state index contributed by atoms with van der Waals surface area (Å²) in [5.41, 5.74) is -3.15. The van der Waals surface area contributed by atoms with E-state index >= 15 is 0 Å². The summed E-state index contributed by atoms with van der Waals surface area (Å²) in [4.78, 5) is 29.6. The molecule has 0 unspecified atom stereocenters. The van der Waals surface area contributed by atoms with Crippen molar-refractivity contribution in [2.45, 2.75) is 18.9 Å². The van der Waals surface area contributed by atoms with E-state index in [0.29, 0.717) is 23.4 Å². The van der Waals surface area contributed by atoms with E-state index in [1.165, 1.54) is 7.11 Å². The Morgan fingerprint density at radius 1 is 0.972 bits per heavy atom.